The van der Waals surface area contributed by atoms with Crippen LogP contribution in [-0.2, 0) is 11.8 Å². The molecule has 0 aliphatic heterocycles. The molecule has 3 heteroatoms. The largest absolute Gasteiger partial charge is 0.317 e. The quantitative estimate of drug-likeness (QED) is 0.841. The summed E-state index contributed by atoms with van der Waals surface area (Å²) in [5.74, 6) is 0.818. The lowest BCUT2D eigenvalue weighted by Crippen LogP contribution is -2.26. The predicted octanol–water partition coefficient (Wildman–Crippen LogP) is 4.15. The molecule has 19 heavy (non-hydrogen) atoms. The number of nitrogens with one attached hydrogen (secondary N) is 1. The Hall–Kier alpha value is -0.410. The first-order valence-electron chi connectivity index (χ1n) is 7.61. The van der Waals surface area contributed by atoms with Crippen LogP contribution in [0.5, 0.6) is 0 Å². The molecule has 0 radical (unpaired) electrons. The van der Waals surface area contributed by atoms with Crippen LogP contribution in [0.15, 0.2) is 5.38 Å². The lowest BCUT2D eigenvalue weighted by atomic mass is 9.93. The first-order valence-corrected chi connectivity index (χ1v) is 8.49. The number of hydrogen-bond acceptors (Lipinski definition) is 3. The van der Waals surface area contributed by atoms with Crippen LogP contribution >= 0.6 is 11.3 Å². The Balaban J connectivity index is 1.98. The summed E-state index contributed by atoms with van der Waals surface area (Å²) in [5.41, 5.74) is 1.44. The molecule has 1 saturated carbocycles. The van der Waals surface area contributed by atoms with Gasteiger partial charge in [0.25, 0.3) is 0 Å². The predicted molar refractivity (Wildman–Crippen MR) is 83.9 cm³/mol. The normalized spacial score (nSPS) is 25.3. The van der Waals surface area contributed by atoms with Crippen molar-refractivity contribution in [2.24, 2.45) is 5.92 Å². The highest BCUT2D eigenvalue weighted by Gasteiger charge is 2.22. The molecule has 108 valence electrons. The Morgan fingerprint density at radius 2 is 2.05 bits per heavy atom. The summed E-state index contributed by atoms with van der Waals surface area (Å²) in [6.07, 6.45) is 7.99. The SMILES string of the molecule is CNC1CCCCC(Cc2nc(C(C)(C)C)cs2)C1. The second kappa shape index (κ2) is 6.36. The third-order valence-corrected chi connectivity index (χ3v) is 5.10. The minimum absolute atomic E-state index is 0.186. The summed E-state index contributed by atoms with van der Waals surface area (Å²) < 4.78 is 0. The van der Waals surface area contributed by atoms with Crippen molar-refractivity contribution in [2.45, 2.75) is 70.8 Å². The first kappa shape index (κ1) is 15.0. The van der Waals surface area contributed by atoms with Crippen molar-refractivity contribution < 1.29 is 0 Å². The van der Waals surface area contributed by atoms with E-state index in [0.29, 0.717) is 0 Å². The number of aromatic nitrogens is 1. The maximum Gasteiger partial charge on any atom is 0.0931 e. The van der Waals surface area contributed by atoms with Crippen LogP contribution in [0, 0.1) is 5.92 Å². The zero-order valence-corrected chi connectivity index (χ0v) is 13.6. The summed E-state index contributed by atoms with van der Waals surface area (Å²) >= 11 is 1.85. The smallest absolute Gasteiger partial charge is 0.0931 e. The average molecular weight is 280 g/mol. The molecule has 0 saturated heterocycles. The van der Waals surface area contributed by atoms with Crippen LogP contribution in [0.4, 0.5) is 0 Å². The van der Waals surface area contributed by atoms with Crippen LogP contribution in [0.25, 0.3) is 0 Å². The van der Waals surface area contributed by atoms with Crippen molar-refractivity contribution in [2.75, 3.05) is 7.05 Å². The molecule has 0 aromatic carbocycles. The molecule has 1 aliphatic rings. The van der Waals surface area contributed by atoms with Crippen molar-refractivity contribution in [3.8, 4) is 0 Å². The lowest BCUT2D eigenvalue weighted by Gasteiger charge is -2.18. The third-order valence-electron chi connectivity index (χ3n) is 4.22. The molecule has 2 rings (SSSR count). The van der Waals surface area contributed by atoms with E-state index >= 15 is 0 Å². The molecule has 2 atom stereocenters. The molecule has 1 aliphatic carbocycles. The summed E-state index contributed by atoms with van der Waals surface area (Å²) in [6.45, 7) is 6.73. The maximum atomic E-state index is 4.86. The van der Waals surface area contributed by atoms with Crippen LogP contribution in [0.3, 0.4) is 0 Å². The molecule has 0 bridgehead atoms. The maximum absolute atomic E-state index is 4.86. The van der Waals surface area contributed by atoms with Gasteiger partial charge in [-0.15, -0.1) is 11.3 Å². The number of hydrogen-bond donors (Lipinski definition) is 1. The number of nitrogens with zero attached hydrogens (tertiary/aromatic N) is 1. The molecule has 1 N–H and O–H groups in total. The van der Waals surface area contributed by atoms with Crippen molar-refractivity contribution in [1.29, 1.82) is 0 Å². The Morgan fingerprint density at radius 3 is 2.68 bits per heavy atom. The summed E-state index contributed by atoms with van der Waals surface area (Å²) in [4.78, 5) is 4.86. The Labute approximate surface area is 122 Å². The van der Waals surface area contributed by atoms with E-state index in [-0.39, 0.29) is 5.41 Å². The second-order valence-electron chi connectivity index (χ2n) is 6.95. The highest BCUT2D eigenvalue weighted by molar-refractivity contribution is 7.09. The average Bonchev–Trinajstić information content (AvgIpc) is 2.69. The van der Waals surface area contributed by atoms with Gasteiger partial charge in [0.05, 0.1) is 10.7 Å². The zero-order valence-electron chi connectivity index (χ0n) is 12.8. The van der Waals surface area contributed by atoms with E-state index in [1.165, 1.54) is 49.2 Å². The molecule has 0 amide bonds. The fraction of sp³-hybridized carbons (Fsp3) is 0.812. The number of thiazole rings is 1. The molecule has 2 nitrogen and oxygen atoms in total. The fourth-order valence-electron chi connectivity index (χ4n) is 2.91. The van der Waals surface area contributed by atoms with E-state index < -0.39 is 0 Å². The first-order chi connectivity index (χ1) is 8.99. The minimum atomic E-state index is 0.186. The summed E-state index contributed by atoms with van der Waals surface area (Å²) in [5, 5.41) is 7.06. The molecule has 1 heterocycles. The zero-order chi connectivity index (χ0) is 13.9. The van der Waals surface area contributed by atoms with E-state index in [9.17, 15) is 0 Å². The molecule has 0 spiro atoms. The van der Waals surface area contributed by atoms with Gasteiger partial charge in [-0.05, 0) is 32.2 Å². The highest BCUT2D eigenvalue weighted by atomic mass is 32.1. The van der Waals surface area contributed by atoms with Gasteiger partial charge in [-0.3, -0.25) is 0 Å². The van der Waals surface area contributed by atoms with Crippen LogP contribution in [-0.4, -0.2) is 18.1 Å². The molecular weight excluding hydrogens is 252 g/mol. The number of rotatable bonds is 3. The minimum Gasteiger partial charge on any atom is -0.317 e. The van der Waals surface area contributed by atoms with Gasteiger partial charge in [0.1, 0.15) is 0 Å². The van der Waals surface area contributed by atoms with Gasteiger partial charge < -0.3 is 5.32 Å². The van der Waals surface area contributed by atoms with Crippen molar-refractivity contribution in [1.82, 2.24) is 10.3 Å². The van der Waals surface area contributed by atoms with E-state index in [1.807, 2.05) is 11.3 Å². The molecule has 1 aromatic heterocycles. The van der Waals surface area contributed by atoms with Crippen molar-refractivity contribution in [3.05, 3.63) is 16.1 Å². The van der Waals surface area contributed by atoms with Gasteiger partial charge in [0.15, 0.2) is 0 Å². The van der Waals surface area contributed by atoms with Crippen molar-refractivity contribution in [3.63, 3.8) is 0 Å². The van der Waals surface area contributed by atoms with E-state index in [1.54, 1.807) is 0 Å². The van der Waals surface area contributed by atoms with Crippen LogP contribution in [0.2, 0.25) is 0 Å². The topological polar surface area (TPSA) is 24.9 Å². The molecule has 1 fully saturated rings. The Kier molecular flexibility index (Phi) is 5.02. The molecular formula is C16H28N2S. The Bertz CT molecular complexity index is 392. The van der Waals surface area contributed by atoms with E-state index in [0.717, 1.165) is 12.0 Å². The van der Waals surface area contributed by atoms with Gasteiger partial charge >= 0.3 is 0 Å². The fourth-order valence-corrected chi connectivity index (χ4v) is 4.04. The third kappa shape index (κ3) is 4.28. The monoisotopic (exact) mass is 280 g/mol. The second-order valence-corrected chi connectivity index (χ2v) is 7.90. The van der Waals surface area contributed by atoms with Gasteiger partial charge in [0.2, 0.25) is 0 Å². The molecule has 1 aromatic rings. The van der Waals surface area contributed by atoms with Gasteiger partial charge in [-0.2, -0.15) is 0 Å². The standard InChI is InChI=1S/C16H28N2S/c1-16(2,3)14-11-19-15(18-14)10-12-7-5-6-8-13(9-12)17-4/h11-13,17H,5-10H2,1-4H3. The van der Waals surface area contributed by atoms with Crippen molar-refractivity contribution >= 4 is 11.3 Å². The molecule has 2 unspecified atom stereocenters. The van der Waals surface area contributed by atoms with E-state index in [4.69, 9.17) is 4.98 Å². The summed E-state index contributed by atoms with van der Waals surface area (Å²) in [6, 6.07) is 0.717. The van der Waals surface area contributed by atoms with Gasteiger partial charge in [-0.25, -0.2) is 4.98 Å². The lowest BCUT2D eigenvalue weighted by molar-refractivity contribution is 0.399. The van der Waals surface area contributed by atoms with Gasteiger partial charge in [-0.1, -0.05) is 33.6 Å². The highest BCUT2D eigenvalue weighted by Crippen LogP contribution is 2.29. The van der Waals surface area contributed by atoms with Crippen LogP contribution < -0.4 is 5.32 Å². The van der Waals surface area contributed by atoms with Gasteiger partial charge in [0, 0.05) is 23.3 Å². The van der Waals surface area contributed by atoms with E-state index in [2.05, 4.69) is 38.5 Å². The van der Waals surface area contributed by atoms with Crippen LogP contribution in [0.1, 0.15) is 63.6 Å². The Morgan fingerprint density at radius 1 is 1.32 bits per heavy atom. The summed E-state index contributed by atoms with van der Waals surface area (Å²) in [7, 11) is 2.11.